The predicted octanol–water partition coefficient (Wildman–Crippen LogP) is 14.0. The van der Waals surface area contributed by atoms with Crippen molar-refractivity contribution in [1.29, 1.82) is 0 Å². The maximum absolute atomic E-state index is 7.06. The molecule has 0 bridgehead atoms. The van der Waals surface area contributed by atoms with Crippen molar-refractivity contribution in [2.24, 2.45) is 0 Å². The molecule has 0 aliphatic rings. The highest BCUT2D eigenvalue weighted by Gasteiger charge is 2.21. The zero-order valence-electron chi connectivity index (χ0n) is 27.7. The molecule has 1 heterocycles. The fraction of sp³-hybridized carbons (Fsp3) is 0.0833. The van der Waals surface area contributed by atoms with E-state index in [0.29, 0.717) is 0 Å². The van der Waals surface area contributed by atoms with Gasteiger partial charge in [0.25, 0.3) is 0 Å². The third-order valence-electron chi connectivity index (χ3n) is 11.1. The standard InChI is InChI=1S/C48H32O/c1-48(2,3)33-25-31-16-15-30-18-22-35(37-24-20-32(26-33)43(31)45(30)37)39-10-6-12-41-40-11-5-9-38(46(40)49-47(39)41)34-21-17-29-14-13-27-7-4-8-28-19-23-36(34)44(29)42(27)28/h4-26H,1-3H3. The summed E-state index contributed by atoms with van der Waals surface area (Å²) in [5.41, 5.74) is 7.99. The molecule has 0 saturated heterocycles. The van der Waals surface area contributed by atoms with Crippen molar-refractivity contribution < 1.29 is 4.42 Å². The van der Waals surface area contributed by atoms with Crippen LogP contribution in [0.25, 0.3) is 109 Å². The van der Waals surface area contributed by atoms with E-state index in [9.17, 15) is 0 Å². The Hall–Kier alpha value is -5.92. The van der Waals surface area contributed by atoms with Crippen LogP contribution in [0.1, 0.15) is 26.3 Å². The molecule has 1 heteroatoms. The fourth-order valence-electron chi connectivity index (χ4n) is 8.70. The van der Waals surface area contributed by atoms with Gasteiger partial charge in [0.05, 0.1) is 0 Å². The van der Waals surface area contributed by atoms with Crippen molar-refractivity contribution in [2.45, 2.75) is 26.2 Å². The number of fused-ring (bicyclic) bond motifs is 3. The Bertz CT molecular complexity index is 3100. The molecule has 0 unspecified atom stereocenters. The van der Waals surface area contributed by atoms with E-state index in [1.165, 1.54) is 81.3 Å². The van der Waals surface area contributed by atoms with Gasteiger partial charge in [-0.3, -0.25) is 0 Å². The maximum atomic E-state index is 7.06. The Morgan fingerprint density at radius 2 is 0.755 bits per heavy atom. The van der Waals surface area contributed by atoms with Gasteiger partial charge in [0.15, 0.2) is 0 Å². The first-order valence-electron chi connectivity index (χ1n) is 17.3. The Labute approximate surface area is 283 Å². The quantitative estimate of drug-likeness (QED) is 0.174. The van der Waals surface area contributed by atoms with Gasteiger partial charge in [0.2, 0.25) is 0 Å². The fourth-order valence-corrected chi connectivity index (χ4v) is 8.70. The molecule has 0 N–H and O–H groups in total. The van der Waals surface area contributed by atoms with Crippen molar-refractivity contribution in [3.8, 4) is 22.3 Å². The van der Waals surface area contributed by atoms with E-state index in [-0.39, 0.29) is 5.41 Å². The van der Waals surface area contributed by atoms with Crippen LogP contribution < -0.4 is 0 Å². The molecule has 49 heavy (non-hydrogen) atoms. The minimum atomic E-state index is 0.0863. The van der Waals surface area contributed by atoms with Gasteiger partial charge in [0.1, 0.15) is 11.2 Å². The lowest BCUT2D eigenvalue weighted by Crippen LogP contribution is -2.10. The van der Waals surface area contributed by atoms with Gasteiger partial charge in [-0.05, 0) is 86.7 Å². The molecule has 0 atom stereocenters. The third kappa shape index (κ3) is 3.65. The number of rotatable bonds is 2. The molecule has 0 amide bonds. The van der Waals surface area contributed by atoms with Crippen molar-refractivity contribution in [1.82, 2.24) is 0 Å². The van der Waals surface area contributed by atoms with Gasteiger partial charge in [-0.15, -0.1) is 0 Å². The van der Waals surface area contributed by atoms with Gasteiger partial charge in [0, 0.05) is 21.9 Å². The first-order chi connectivity index (χ1) is 23.9. The third-order valence-corrected chi connectivity index (χ3v) is 11.1. The molecule has 0 aliphatic carbocycles. The number of benzene rings is 10. The van der Waals surface area contributed by atoms with E-state index in [0.717, 1.165) is 33.1 Å². The average molecular weight is 625 g/mol. The lowest BCUT2D eigenvalue weighted by atomic mass is 9.82. The number of hydrogen-bond donors (Lipinski definition) is 0. The van der Waals surface area contributed by atoms with Gasteiger partial charge < -0.3 is 4.42 Å². The van der Waals surface area contributed by atoms with E-state index in [1.807, 2.05) is 0 Å². The second-order valence-electron chi connectivity index (χ2n) is 14.9. The summed E-state index contributed by atoms with van der Waals surface area (Å²) in [5.74, 6) is 0. The largest absolute Gasteiger partial charge is 0.455 e. The molecule has 0 fully saturated rings. The smallest absolute Gasteiger partial charge is 0.143 e. The molecule has 0 aliphatic heterocycles. The van der Waals surface area contributed by atoms with E-state index in [2.05, 4.69) is 160 Å². The molecule has 11 aromatic rings. The van der Waals surface area contributed by atoms with Crippen molar-refractivity contribution >= 4 is 86.6 Å². The summed E-state index contributed by atoms with van der Waals surface area (Å²) >= 11 is 0. The van der Waals surface area contributed by atoms with Gasteiger partial charge in [-0.2, -0.15) is 0 Å². The molecule has 0 saturated carbocycles. The van der Waals surface area contributed by atoms with Crippen molar-refractivity contribution in [3.05, 3.63) is 145 Å². The summed E-state index contributed by atoms with van der Waals surface area (Å²) in [6, 6.07) is 52.0. The van der Waals surface area contributed by atoms with E-state index in [1.54, 1.807) is 0 Å². The molecule has 0 spiro atoms. The Morgan fingerprint density at radius 3 is 1.29 bits per heavy atom. The lowest BCUT2D eigenvalue weighted by molar-refractivity contribution is 0.591. The van der Waals surface area contributed by atoms with Crippen LogP contribution in [0, 0.1) is 0 Å². The molecule has 1 aromatic heterocycles. The summed E-state index contributed by atoms with van der Waals surface area (Å²) in [6.45, 7) is 6.88. The van der Waals surface area contributed by atoms with Crippen LogP contribution in [-0.4, -0.2) is 0 Å². The van der Waals surface area contributed by atoms with E-state index in [4.69, 9.17) is 4.42 Å². The number of para-hydroxylation sites is 2. The van der Waals surface area contributed by atoms with E-state index < -0.39 is 0 Å². The molecular weight excluding hydrogens is 593 g/mol. The van der Waals surface area contributed by atoms with Crippen molar-refractivity contribution in [2.75, 3.05) is 0 Å². The van der Waals surface area contributed by atoms with Crippen LogP contribution >= 0.6 is 0 Å². The highest BCUT2D eigenvalue weighted by Crippen LogP contribution is 2.46. The van der Waals surface area contributed by atoms with Gasteiger partial charge >= 0.3 is 0 Å². The topological polar surface area (TPSA) is 13.1 Å². The summed E-state index contributed by atoms with van der Waals surface area (Å²) < 4.78 is 7.06. The highest BCUT2D eigenvalue weighted by atomic mass is 16.3. The summed E-state index contributed by atoms with van der Waals surface area (Å²) in [5, 5.41) is 17.9. The minimum absolute atomic E-state index is 0.0863. The Balaban J connectivity index is 1.17. The minimum Gasteiger partial charge on any atom is -0.455 e. The lowest BCUT2D eigenvalue weighted by Gasteiger charge is -2.22. The molecular formula is C48H32O. The van der Waals surface area contributed by atoms with Crippen LogP contribution in [0.2, 0.25) is 0 Å². The van der Waals surface area contributed by atoms with Gasteiger partial charge in [-0.25, -0.2) is 0 Å². The zero-order valence-corrected chi connectivity index (χ0v) is 27.7. The first-order valence-corrected chi connectivity index (χ1v) is 17.3. The van der Waals surface area contributed by atoms with Crippen molar-refractivity contribution in [3.63, 3.8) is 0 Å². The van der Waals surface area contributed by atoms with Gasteiger partial charge in [-0.1, -0.05) is 160 Å². The zero-order chi connectivity index (χ0) is 32.6. The second kappa shape index (κ2) is 9.36. The normalized spacial score (nSPS) is 12.8. The predicted molar refractivity (Wildman–Crippen MR) is 211 cm³/mol. The van der Waals surface area contributed by atoms with Crippen LogP contribution in [-0.2, 0) is 5.41 Å². The van der Waals surface area contributed by atoms with Crippen LogP contribution in [0.4, 0.5) is 0 Å². The summed E-state index contributed by atoms with van der Waals surface area (Å²) in [4.78, 5) is 0. The van der Waals surface area contributed by atoms with Crippen LogP contribution in [0.3, 0.4) is 0 Å². The Kier molecular flexibility index (Phi) is 5.17. The Morgan fingerprint density at radius 1 is 0.347 bits per heavy atom. The van der Waals surface area contributed by atoms with Crippen LogP contribution in [0.15, 0.2) is 144 Å². The molecule has 11 rings (SSSR count). The molecule has 230 valence electrons. The molecule has 10 aromatic carbocycles. The second-order valence-corrected chi connectivity index (χ2v) is 14.9. The molecule has 1 nitrogen and oxygen atoms in total. The molecule has 0 radical (unpaired) electrons. The SMILES string of the molecule is CC(C)(C)c1cc2ccc3ccc(-c4cccc5c4oc4c(-c6ccc7ccc8cccc9ccc6c7c89)cccc45)c4ccc(c1)c2c34. The summed E-state index contributed by atoms with van der Waals surface area (Å²) in [6.07, 6.45) is 0. The highest BCUT2D eigenvalue weighted by molar-refractivity contribution is 6.28. The monoisotopic (exact) mass is 624 g/mol. The van der Waals surface area contributed by atoms with Crippen LogP contribution in [0.5, 0.6) is 0 Å². The average Bonchev–Trinajstić information content (AvgIpc) is 3.52. The summed E-state index contributed by atoms with van der Waals surface area (Å²) in [7, 11) is 0. The van der Waals surface area contributed by atoms with E-state index >= 15 is 0 Å². The first kappa shape index (κ1) is 27.1. The number of furan rings is 1. The number of hydrogen-bond acceptors (Lipinski definition) is 1. The maximum Gasteiger partial charge on any atom is 0.143 e.